The number of aromatic nitrogens is 1. The zero-order chi connectivity index (χ0) is 20.1. The van der Waals surface area contributed by atoms with Gasteiger partial charge in [0.05, 0.1) is 12.6 Å². The number of carbonyl (C=O) groups is 2. The number of ether oxygens (including phenoxy) is 2. The molecule has 0 saturated heterocycles. The third-order valence-electron chi connectivity index (χ3n) is 4.03. The molecule has 2 aromatic carbocycles. The lowest BCUT2D eigenvalue weighted by Crippen LogP contribution is -2.20. The van der Waals surface area contributed by atoms with Crippen LogP contribution >= 0.6 is 11.8 Å². The number of pyridine rings is 1. The van der Waals surface area contributed by atoms with Crippen LogP contribution in [0.15, 0.2) is 53.4 Å². The number of nitrogens with zero attached hydrogens (tertiary/aromatic N) is 1. The summed E-state index contributed by atoms with van der Waals surface area (Å²) in [4.78, 5) is 29.6. The van der Waals surface area contributed by atoms with Gasteiger partial charge in [-0.3, -0.25) is 4.79 Å². The molecule has 0 radical (unpaired) electrons. The third kappa shape index (κ3) is 4.61. The zero-order valence-corrected chi connectivity index (χ0v) is 16.6. The number of methoxy groups -OCH3 is 1. The smallest absolute Gasteiger partial charge is 0.356 e. The summed E-state index contributed by atoms with van der Waals surface area (Å²) in [6, 6.07) is 14.7. The number of hydrogen-bond donors (Lipinski definition) is 1. The van der Waals surface area contributed by atoms with Crippen molar-refractivity contribution in [2.45, 2.75) is 11.8 Å². The van der Waals surface area contributed by atoms with Crippen LogP contribution in [0.3, 0.4) is 0 Å². The number of fused-ring (bicyclic) bond motifs is 1. The Hall–Kier alpha value is -3.06. The van der Waals surface area contributed by atoms with Crippen LogP contribution in [0.5, 0.6) is 5.75 Å². The standard InChI is InChI=1S/C21H20N2O4S/c1-13-7-8-17-16(9-13)19(11-18(23-17)21(25)26-2)27-12-20(24)22-14-5-4-6-15(10-14)28-3/h4-11H,12H2,1-3H3,(H,22,24). The number of amides is 1. The molecule has 0 saturated carbocycles. The van der Waals surface area contributed by atoms with Gasteiger partial charge in [-0.05, 0) is 43.5 Å². The van der Waals surface area contributed by atoms with Crippen LogP contribution in [0.4, 0.5) is 5.69 Å². The van der Waals surface area contributed by atoms with Crippen LogP contribution < -0.4 is 10.1 Å². The minimum atomic E-state index is -0.564. The van der Waals surface area contributed by atoms with E-state index >= 15 is 0 Å². The molecule has 0 spiro atoms. The van der Waals surface area contributed by atoms with Gasteiger partial charge in [-0.2, -0.15) is 0 Å². The van der Waals surface area contributed by atoms with Crippen molar-refractivity contribution in [3.8, 4) is 5.75 Å². The van der Waals surface area contributed by atoms with Gasteiger partial charge in [0.15, 0.2) is 12.3 Å². The monoisotopic (exact) mass is 396 g/mol. The van der Waals surface area contributed by atoms with Gasteiger partial charge in [0.1, 0.15) is 5.75 Å². The van der Waals surface area contributed by atoms with Crippen LogP contribution in [0.25, 0.3) is 10.9 Å². The van der Waals surface area contributed by atoms with Crippen molar-refractivity contribution < 1.29 is 19.1 Å². The van der Waals surface area contributed by atoms with E-state index in [1.807, 2.05) is 49.6 Å². The number of rotatable bonds is 6. The maximum Gasteiger partial charge on any atom is 0.356 e. The number of esters is 1. The highest BCUT2D eigenvalue weighted by molar-refractivity contribution is 7.98. The van der Waals surface area contributed by atoms with Crippen molar-refractivity contribution in [2.24, 2.45) is 0 Å². The van der Waals surface area contributed by atoms with E-state index in [1.165, 1.54) is 13.2 Å². The molecule has 7 heteroatoms. The minimum absolute atomic E-state index is 0.127. The topological polar surface area (TPSA) is 77.5 Å². The molecular formula is C21H20N2O4S. The van der Waals surface area contributed by atoms with Crippen LogP contribution in [0.1, 0.15) is 16.1 Å². The van der Waals surface area contributed by atoms with Crippen LogP contribution in [-0.2, 0) is 9.53 Å². The lowest BCUT2D eigenvalue weighted by atomic mass is 10.1. The molecule has 0 aliphatic heterocycles. The molecule has 28 heavy (non-hydrogen) atoms. The number of hydrogen-bond acceptors (Lipinski definition) is 6. The highest BCUT2D eigenvalue weighted by atomic mass is 32.2. The molecule has 1 amide bonds. The van der Waals surface area contributed by atoms with E-state index in [0.29, 0.717) is 17.0 Å². The van der Waals surface area contributed by atoms with Crippen LogP contribution in [-0.4, -0.2) is 36.8 Å². The van der Waals surface area contributed by atoms with Crippen LogP contribution in [0.2, 0.25) is 0 Å². The van der Waals surface area contributed by atoms with Gasteiger partial charge in [0, 0.05) is 22.0 Å². The van der Waals surface area contributed by atoms with Crippen molar-refractivity contribution in [2.75, 3.05) is 25.3 Å². The Morgan fingerprint density at radius 1 is 1.14 bits per heavy atom. The Labute approximate surface area is 167 Å². The highest BCUT2D eigenvalue weighted by Gasteiger charge is 2.15. The molecule has 0 aliphatic rings. The molecule has 144 valence electrons. The Morgan fingerprint density at radius 3 is 2.71 bits per heavy atom. The first kappa shape index (κ1) is 19.7. The van der Waals surface area contributed by atoms with Crippen molar-refractivity contribution in [3.63, 3.8) is 0 Å². The van der Waals surface area contributed by atoms with E-state index in [0.717, 1.165) is 15.8 Å². The number of nitrogens with one attached hydrogen (secondary N) is 1. The summed E-state index contributed by atoms with van der Waals surface area (Å²) >= 11 is 1.60. The number of anilines is 1. The van der Waals surface area contributed by atoms with Gasteiger partial charge in [-0.25, -0.2) is 9.78 Å². The lowest BCUT2D eigenvalue weighted by Gasteiger charge is -2.12. The fraction of sp³-hybridized carbons (Fsp3) is 0.190. The van der Waals surface area contributed by atoms with Gasteiger partial charge in [0.25, 0.3) is 5.91 Å². The number of aryl methyl sites for hydroxylation is 1. The van der Waals surface area contributed by atoms with E-state index in [9.17, 15) is 9.59 Å². The van der Waals surface area contributed by atoms with E-state index in [1.54, 1.807) is 17.8 Å². The third-order valence-corrected chi connectivity index (χ3v) is 4.76. The predicted molar refractivity (Wildman–Crippen MR) is 110 cm³/mol. The van der Waals surface area contributed by atoms with Gasteiger partial charge in [-0.1, -0.05) is 17.7 Å². The zero-order valence-electron chi connectivity index (χ0n) is 15.8. The molecule has 0 atom stereocenters. The molecule has 1 aromatic heterocycles. The Kier molecular flexibility index (Phi) is 6.16. The van der Waals surface area contributed by atoms with Crippen molar-refractivity contribution in [1.29, 1.82) is 0 Å². The van der Waals surface area contributed by atoms with Crippen molar-refractivity contribution in [1.82, 2.24) is 4.98 Å². The van der Waals surface area contributed by atoms with E-state index in [4.69, 9.17) is 9.47 Å². The number of benzene rings is 2. The minimum Gasteiger partial charge on any atom is -0.483 e. The summed E-state index contributed by atoms with van der Waals surface area (Å²) in [6.45, 7) is 1.75. The average molecular weight is 396 g/mol. The van der Waals surface area contributed by atoms with Gasteiger partial charge in [-0.15, -0.1) is 11.8 Å². The van der Waals surface area contributed by atoms with Crippen molar-refractivity contribution >= 4 is 40.2 Å². The second-order valence-electron chi connectivity index (χ2n) is 6.09. The summed E-state index contributed by atoms with van der Waals surface area (Å²) in [6.07, 6.45) is 1.97. The predicted octanol–water partition coefficient (Wildman–Crippen LogP) is 4.07. The van der Waals surface area contributed by atoms with E-state index in [-0.39, 0.29) is 18.2 Å². The summed E-state index contributed by atoms with van der Waals surface area (Å²) in [7, 11) is 1.29. The fourth-order valence-electron chi connectivity index (χ4n) is 2.68. The fourth-order valence-corrected chi connectivity index (χ4v) is 3.14. The van der Waals surface area contributed by atoms with Crippen molar-refractivity contribution in [3.05, 3.63) is 59.8 Å². The van der Waals surface area contributed by atoms with Crippen LogP contribution in [0, 0.1) is 6.92 Å². The molecule has 1 heterocycles. The number of carbonyl (C=O) groups excluding carboxylic acids is 2. The molecule has 3 rings (SSSR count). The summed E-state index contributed by atoms with van der Waals surface area (Å²) in [5.41, 5.74) is 2.44. The van der Waals surface area contributed by atoms with E-state index in [2.05, 4.69) is 10.3 Å². The second kappa shape index (κ2) is 8.75. The van der Waals surface area contributed by atoms with Gasteiger partial charge in [0.2, 0.25) is 0 Å². The summed E-state index contributed by atoms with van der Waals surface area (Å²) < 4.78 is 10.5. The summed E-state index contributed by atoms with van der Waals surface area (Å²) in [5, 5.41) is 3.54. The van der Waals surface area contributed by atoms with Gasteiger partial charge >= 0.3 is 5.97 Å². The van der Waals surface area contributed by atoms with E-state index < -0.39 is 5.97 Å². The SMILES string of the molecule is COC(=O)c1cc(OCC(=O)Nc2cccc(SC)c2)c2cc(C)ccc2n1. The highest BCUT2D eigenvalue weighted by Crippen LogP contribution is 2.27. The Bertz CT molecular complexity index is 1040. The van der Waals surface area contributed by atoms with Gasteiger partial charge < -0.3 is 14.8 Å². The largest absolute Gasteiger partial charge is 0.483 e. The quantitative estimate of drug-likeness (QED) is 0.500. The Balaban J connectivity index is 1.81. The molecule has 0 aliphatic carbocycles. The molecule has 0 bridgehead atoms. The average Bonchev–Trinajstić information content (AvgIpc) is 2.71. The molecule has 1 N–H and O–H groups in total. The molecule has 0 fully saturated rings. The number of thioether (sulfide) groups is 1. The molecule has 0 unspecified atom stereocenters. The Morgan fingerprint density at radius 2 is 1.96 bits per heavy atom. The molecule has 3 aromatic rings. The lowest BCUT2D eigenvalue weighted by molar-refractivity contribution is -0.118. The normalized spacial score (nSPS) is 10.5. The second-order valence-corrected chi connectivity index (χ2v) is 6.97. The first-order valence-corrected chi connectivity index (χ1v) is 9.79. The first-order valence-electron chi connectivity index (χ1n) is 8.56. The first-order chi connectivity index (χ1) is 13.5. The molecular weight excluding hydrogens is 376 g/mol. The maximum atomic E-state index is 12.3. The summed E-state index contributed by atoms with van der Waals surface area (Å²) in [5.74, 6) is -0.455. The molecule has 6 nitrogen and oxygen atoms in total. The maximum absolute atomic E-state index is 12.3.